The quantitative estimate of drug-likeness (QED) is 0.562. The molecular formula is C13H27N5. The first-order valence-electron chi connectivity index (χ1n) is 6.62. The van der Waals surface area contributed by atoms with Gasteiger partial charge in [0, 0.05) is 24.3 Å². The summed E-state index contributed by atoms with van der Waals surface area (Å²) in [5.41, 5.74) is 4.23. The van der Waals surface area contributed by atoms with E-state index in [4.69, 9.17) is 5.84 Å². The smallest absolute Gasteiger partial charge is 0.0522 e. The summed E-state index contributed by atoms with van der Waals surface area (Å²) in [4.78, 5) is 2.24. The summed E-state index contributed by atoms with van der Waals surface area (Å²) in [6.45, 7) is 7.42. The van der Waals surface area contributed by atoms with Gasteiger partial charge < -0.3 is 4.90 Å². The Hall–Kier alpha value is -0.910. The van der Waals surface area contributed by atoms with Crippen LogP contribution in [0.15, 0.2) is 12.4 Å². The number of hydrogen-bond donors (Lipinski definition) is 2. The number of aryl methyl sites for hydroxylation is 1. The lowest BCUT2D eigenvalue weighted by Crippen LogP contribution is -2.59. The molecular weight excluding hydrogens is 226 g/mol. The number of rotatable bonds is 7. The summed E-state index contributed by atoms with van der Waals surface area (Å²) in [6.07, 6.45) is 5.95. The number of nitrogens with one attached hydrogen (secondary N) is 1. The van der Waals surface area contributed by atoms with Crippen LogP contribution in [0.2, 0.25) is 0 Å². The molecule has 18 heavy (non-hydrogen) atoms. The summed E-state index contributed by atoms with van der Waals surface area (Å²) in [5.74, 6) is 5.76. The van der Waals surface area contributed by atoms with Gasteiger partial charge in [-0.05, 0) is 46.3 Å². The van der Waals surface area contributed by atoms with Crippen molar-refractivity contribution in [3.05, 3.63) is 18.0 Å². The Morgan fingerprint density at radius 1 is 1.50 bits per heavy atom. The third-order valence-electron chi connectivity index (χ3n) is 4.14. The van der Waals surface area contributed by atoms with Crippen LogP contribution in [0.3, 0.4) is 0 Å². The molecule has 0 fully saturated rings. The second-order valence-electron chi connectivity index (χ2n) is 5.23. The molecule has 2 unspecified atom stereocenters. The monoisotopic (exact) mass is 253 g/mol. The molecule has 0 saturated heterocycles. The highest BCUT2D eigenvalue weighted by molar-refractivity contribution is 5.10. The Morgan fingerprint density at radius 2 is 2.17 bits per heavy atom. The molecule has 0 aliphatic rings. The molecule has 1 heterocycles. The van der Waals surface area contributed by atoms with Gasteiger partial charge in [-0.25, -0.2) is 0 Å². The minimum Gasteiger partial charge on any atom is -0.302 e. The summed E-state index contributed by atoms with van der Waals surface area (Å²) in [5, 5.41) is 4.31. The van der Waals surface area contributed by atoms with Gasteiger partial charge >= 0.3 is 0 Å². The Bertz CT molecular complexity index is 360. The zero-order valence-corrected chi connectivity index (χ0v) is 12.3. The Labute approximate surface area is 110 Å². The molecule has 0 aliphatic carbocycles. The summed E-state index contributed by atoms with van der Waals surface area (Å²) in [6, 6.07) is 0.201. The third kappa shape index (κ3) is 3.10. The van der Waals surface area contributed by atoms with Crippen LogP contribution < -0.4 is 11.3 Å². The first-order valence-corrected chi connectivity index (χ1v) is 6.62. The molecule has 0 saturated carbocycles. The van der Waals surface area contributed by atoms with Crippen molar-refractivity contribution in [1.29, 1.82) is 0 Å². The van der Waals surface area contributed by atoms with Crippen molar-refractivity contribution in [2.24, 2.45) is 5.84 Å². The van der Waals surface area contributed by atoms with E-state index >= 15 is 0 Å². The SMILES string of the molecule is CCn1cc(CC(NN)C(C)(CC)N(C)C)cn1. The molecule has 0 aromatic carbocycles. The van der Waals surface area contributed by atoms with Crippen molar-refractivity contribution in [2.45, 2.75) is 51.7 Å². The number of hydrazine groups is 1. The Balaban J connectivity index is 2.83. The van der Waals surface area contributed by atoms with E-state index in [2.05, 4.69) is 56.5 Å². The van der Waals surface area contributed by atoms with E-state index in [1.165, 1.54) is 5.56 Å². The Morgan fingerprint density at radius 3 is 2.56 bits per heavy atom. The minimum absolute atomic E-state index is 0.0308. The van der Waals surface area contributed by atoms with Crippen molar-refractivity contribution in [3.63, 3.8) is 0 Å². The summed E-state index contributed by atoms with van der Waals surface area (Å²) < 4.78 is 1.95. The lowest BCUT2D eigenvalue weighted by Gasteiger charge is -2.42. The van der Waals surface area contributed by atoms with E-state index in [1.807, 2.05) is 10.9 Å². The predicted molar refractivity (Wildman–Crippen MR) is 75.1 cm³/mol. The average molecular weight is 253 g/mol. The van der Waals surface area contributed by atoms with Crippen LogP contribution >= 0.6 is 0 Å². The zero-order chi connectivity index (χ0) is 13.8. The van der Waals surface area contributed by atoms with Crippen molar-refractivity contribution in [1.82, 2.24) is 20.1 Å². The molecule has 0 amide bonds. The fourth-order valence-electron chi connectivity index (χ4n) is 2.25. The highest BCUT2D eigenvalue weighted by Gasteiger charge is 2.34. The van der Waals surface area contributed by atoms with Crippen LogP contribution in [0.4, 0.5) is 0 Å². The first kappa shape index (κ1) is 15.1. The maximum Gasteiger partial charge on any atom is 0.0522 e. The average Bonchev–Trinajstić information content (AvgIpc) is 2.82. The third-order valence-corrected chi connectivity index (χ3v) is 4.14. The molecule has 5 heteroatoms. The van der Waals surface area contributed by atoms with Crippen LogP contribution in [0.1, 0.15) is 32.8 Å². The van der Waals surface area contributed by atoms with E-state index in [0.717, 1.165) is 19.4 Å². The molecule has 0 radical (unpaired) electrons. The molecule has 1 aromatic heterocycles. The molecule has 1 rings (SSSR count). The molecule has 0 aliphatic heterocycles. The van der Waals surface area contributed by atoms with Crippen LogP contribution in [-0.2, 0) is 13.0 Å². The van der Waals surface area contributed by atoms with Crippen molar-refractivity contribution in [2.75, 3.05) is 14.1 Å². The van der Waals surface area contributed by atoms with E-state index in [-0.39, 0.29) is 11.6 Å². The summed E-state index contributed by atoms with van der Waals surface area (Å²) >= 11 is 0. The topological polar surface area (TPSA) is 59.1 Å². The van der Waals surface area contributed by atoms with Crippen LogP contribution in [-0.4, -0.2) is 40.4 Å². The van der Waals surface area contributed by atoms with Gasteiger partial charge in [0.2, 0.25) is 0 Å². The van der Waals surface area contributed by atoms with Crippen LogP contribution in [0.5, 0.6) is 0 Å². The largest absolute Gasteiger partial charge is 0.302 e. The normalized spacial score (nSPS) is 16.8. The van der Waals surface area contributed by atoms with Gasteiger partial charge in [0.05, 0.1) is 6.20 Å². The molecule has 0 bridgehead atoms. The van der Waals surface area contributed by atoms with E-state index in [0.29, 0.717) is 0 Å². The van der Waals surface area contributed by atoms with Crippen molar-refractivity contribution in [3.8, 4) is 0 Å². The van der Waals surface area contributed by atoms with Gasteiger partial charge in [-0.3, -0.25) is 16.0 Å². The maximum atomic E-state index is 5.76. The molecule has 1 aromatic rings. The van der Waals surface area contributed by atoms with Gasteiger partial charge in [-0.1, -0.05) is 6.92 Å². The van der Waals surface area contributed by atoms with E-state index in [9.17, 15) is 0 Å². The first-order chi connectivity index (χ1) is 8.47. The number of hydrogen-bond acceptors (Lipinski definition) is 4. The second kappa shape index (κ2) is 6.31. The van der Waals surface area contributed by atoms with Gasteiger partial charge in [-0.15, -0.1) is 0 Å². The molecule has 0 spiro atoms. The second-order valence-corrected chi connectivity index (χ2v) is 5.23. The highest BCUT2D eigenvalue weighted by Crippen LogP contribution is 2.23. The van der Waals surface area contributed by atoms with Crippen LogP contribution in [0, 0.1) is 0 Å². The molecule has 104 valence electrons. The standard InChI is InChI=1S/C13H27N5/c1-6-13(3,17(4)5)12(16-14)8-11-9-15-18(7-2)10-11/h9-10,12,16H,6-8,14H2,1-5H3. The number of aromatic nitrogens is 2. The van der Waals surface area contributed by atoms with E-state index in [1.54, 1.807) is 0 Å². The lowest BCUT2D eigenvalue weighted by molar-refractivity contribution is 0.112. The van der Waals surface area contributed by atoms with Crippen molar-refractivity contribution >= 4 is 0 Å². The number of nitrogens with zero attached hydrogens (tertiary/aromatic N) is 3. The fourth-order valence-corrected chi connectivity index (χ4v) is 2.25. The summed E-state index contributed by atoms with van der Waals surface area (Å²) in [7, 11) is 4.20. The lowest BCUT2D eigenvalue weighted by atomic mass is 9.85. The van der Waals surface area contributed by atoms with Gasteiger partial charge in [0.25, 0.3) is 0 Å². The van der Waals surface area contributed by atoms with Crippen molar-refractivity contribution < 1.29 is 0 Å². The highest BCUT2D eigenvalue weighted by atomic mass is 15.3. The Kier molecular flexibility index (Phi) is 5.31. The van der Waals surface area contributed by atoms with Gasteiger partial charge in [0.1, 0.15) is 0 Å². The van der Waals surface area contributed by atoms with Crippen LogP contribution in [0.25, 0.3) is 0 Å². The minimum atomic E-state index is 0.0308. The molecule has 3 N–H and O–H groups in total. The fraction of sp³-hybridized carbons (Fsp3) is 0.769. The zero-order valence-electron chi connectivity index (χ0n) is 12.3. The number of likely N-dealkylation sites (N-methyl/N-ethyl adjacent to an activating group) is 1. The van der Waals surface area contributed by atoms with Gasteiger partial charge in [0.15, 0.2) is 0 Å². The molecule has 5 nitrogen and oxygen atoms in total. The van der Waals surface area contributed by atoms with Gasteiger partial charge in [-0.2, -0.15) is 5.10 Å². The predicted octanol–water partition coefficient (Wildman–Crippen LogP) is 1.01. The maximum absolute atomic E-state index is 5.76. The number of nitrogens with two attached hydrogens (primary N) is 1. The van der Waals surface area contributed by atoms with E-state index < -0.39 is 0 Å². The molecule has 2 atom stereocenters.